The molecule has 0 aromatic carbocycles. The van der Waals surface area contributed by atoms with Crippen molar-refractivity contribution in [1.29, 1.82) is 0 Å². The van der Waals surface area contributed by atoms with Gasteiger partial charge in [0, 0.05) is 43.3 Å². The fourth-order valence-electron chi connectivity index (χ4n) is 2.71. The summed E-state index contributed by atoms with van der Waals surface area (Å²) in [5.74, 6) is 0.230. The van der Waals surface area contributed by atoms with E-state index >= 15 is 0 Å². The Bertz CT molecular complexity index is 635. The monoisotopic (exact) mass is 305 g/mol. The Morgan fingerprint density at radius 2 is 2.43 bits per heavy atom. The molecule has 21 heavy (non-hydrogen) atoms. The lowest BCUT2D eigenvalue weighted by atomic mass is 9.90. The molecule has 3 rings (SSSR count). The highest BCUT2D eigenvalue weighted by Crippen LogP contribution is 2.28. The van der Waals surface area contributed by atoms with Gasteiger partial charge in [-0.15, -0.1) is 11.3 Å². The molecule has 3 heterocycles. The van der Waals surface area contributed by atoms with E-state index < -0.39 is 0 Å². The van der Waals surface area contributed by atoms with E-state index in [2.05, 4.69) is 20.7 Å². The minimum Gasteiger partial charge on any atom is -0.349 e. The molecular weight excluding hydrogens is 286 g/mol. The lowest BCUT2D eigenvalue weighted by Crippen LogP contribution is -2.33. The summed E-state index contributed by atoms with van der Waals surface area (Å²) in [5, 5.41) is 13.5. The van der Waals surface area contributed by atoms with E-state index in [4.69, 9.17) is 0 Å². The maximum Gasteiger partial charge on any atom is 0.225 e. The van der Waals surface area contributed by atoms with Crippen molar-refractivity contribution in [3.8, 4) is 0 Å². The molecule has 0 saturated carbocycles. The SMILES string of the molecule is Cc1csc(CNC(=O)[C@H]2CNC[C@@H]2c2cnn(C)c2)n1. The van der Waals surface area contributed by atoms with Gasteiger partial charge in [0.05, 0.1) is 18.7 Å². The molecule has 1 saturated heterocycles. The van der Waals surface area contributed by atoms with Gasteiger partial charge in [0.25, 0.3) is 0 Å². The number of amides is 1. The van der Waals surface area contributed by atoms with Crippen LogP contribution in [0.4, 0.5) is 0 Å². The number of hydrogen-bond acceptors (Lipinski definition) is 5. The number of nitrogens with one attached hydrogen (secondary N) is 2. The van der Waals surface area contributed by atoms with Crippen LogP contribution in [0.5, 0.6) is 0 Å². The molecule has 7 heteroatoms. The molecule has 0 radical (unpaired) electrons. The van der Waals surface area contributed by atoms with Gasteiger partial charge in [-0.2, -0.15) is 5.10 Å². The minimum absolute atomic E-state index is 0.0461. The third-order valence-electron chi connectivity index (χ3n) is 3.78. The third kappa shape index (κ3) is 3.14. The molecule has 112 valence electrons. The summed E-state index contributed by atoms with van der Waals surface area (Å²) in [7, 11) is 1.89. The van der Waals surface area contributed by atoms with E-state index in [0.717, 1.165) is 22.8 Å². The van der Waals surface area contributed by atoms with E-state index in [1.165, 1.54) is 0 Å². The molecule has 6 nitrogen and oxygen atoms in total. The largest absolute Gasteiger partial charge is 0.349 e. The molecule has 2 aromatic rings. The molecule has 2 N–H and O–H groups in total. The van der Waals surface area contributed by atoms with Gasteiger partial charge < -0.3 is 10.6 Å². The number of nitrogens with zero attached hydrogens (tertiary/aromatic N) is 3. The Labute approximate surface area is 127 Å². The first-order chi connectivity index (χ1) is 10.1. The first kappa shape index (κ1) is 14.2. The molecule has 2 atom stereocenters. The molecule has 1 aliphatic heterocycles. The van der Waals surface area contributed by atoms with Crippen LogP contribution < -0.4 is 10.6 Å². The third-order valence-corrected chi connectivity index (χ3v) is 4.75. The van der Waals surface area contributed by atoms with Gasteiger partial charge in [-0.1, -0.05) is 0 Å². The normalized spacial score (nSPS) is 21.6. The second kappa shape index (κ2) is 5.95. The highest BCUT2D eigenvalue weighted by atomic mass is 32.1. The maximum absolute atomic E-state index is 12.4. The summed E-state index contributed by atoms with van der Waals surface area (Å²) in [4.78, 5) is 16.8. The van der Waals surface area contributed by atoms with Crippen LogP contribution >= 0.6 is 11.3 Å². The molecule has 0 bridgehead atoms. The topological polar surface area (TPSA) is 71.8 Å². The average Bonchev–Trinajstić information content (AvgIpc) is 3.16. The smallest absolute Gasteiger partial charge is 0.225 e. The molecule has 1 amide bonds. The molecule has 0 unspecified atom stereocenters. The van der Waals surface area contributed by atoms with Gasteiger partial charge in [-0.25, -0.2) is 4.98 Å². The van der Waals surface area contributed by atoms with Crippen LogP contribution in [0.15, 0.2) is 17.8 Å². The fourth-order valence-corrected chi connectivity index (χ4v) is 3.43. The van der Waals surface area contributed by atoms with Gasteiger partial charge in [0.2, 0.25) is 5.91 Å². The lowest BCUT2D eigenvalue weighted by Gasteiger charge is -2.16. The van der Waals surface area contributed by atoms with E-state index in [0.29, 0.717) is 13.1 Å². The average molecular weight is 305 g/mol. The maximum atomic E-state index is 12.4. The Morgan fingerprint density at radius 1 is 1.57 bits per heavy atom. The van der Waals surface area contributed by atoms with Crippen LogP contribution in [0.1, 0.15) is 22.2 Å². The molecule has 1 aliphatic rings. The zero-order valence-corrected chi connectivity index (χ0v) is 13.0. The summed E-state index contributed by atoms with van der Waals surface area (Å²) >= 11 is 1.58. The van der Waals surface area contributed by atoms with Crippen molar-refractivity contribution in [2.24, 2.45) is 13.0 Å². The second-order valence-electron chi connectivity index (χ2n) is 5.42. The van der Waals surface area contributed by atoms with E-state index in [1.807, 2.05) is 31.7 Å². The highest BCUT2D eigenvalue weighted by molar-refractivity contribution is 7.09. The minimum atomic E-state index is -0.0461. The van der Waals surface area contributed by atoms with Gasteiger partial charge >= 0.3 is 0 Å². The van der Waals surface area contributed by atoms with Gasteiger partial charge in [0.1, 0.15) is 5.01 Å². The van der Waals surface area contributed by atoms with Crippen LogP contribution in [0.25, 0.3) is 0 Å². The lowest BCUT2D eigenvalue weighted by molar-refractivity contribution is -0.125. The number of rotatable bonds is 4. The van der Waals surface area contributed by atoms with Crippen molar-refractivity contribution >= 4 is 17.2 Å². The Hall–Kier alpha value is -1.73. The number of carbonyl (C=O) groups excluding carboxylic acids is 1. The van der Waals surface area contributed by atoms with Crippen molar-refractivity contribution in [1.82, 2.24) is 25.4 Å². The van der Waals surface area contributed by atoms with E-state index in [1.54, 1.807) is 16.0 Å². The summed E-state index contributed by atoms with van der Waals surface area (Å²) in [6.45, 7) is 4.00. The number of hydrogen-bond donors (Lipinski definition) is 2. The van der Waals surface area contributed by atoms with Crippen LogP contribution in [0.3, 0.4) is 0 Å². The first-order valence-electron chi connectivity index (χ1n) is 7.01. The summed E-state index contributed by atoms with van der Waals surface area (Å²) < 4.78 is 1.78. The number of aromatic nitrogens is 3. The molecular formula is C14H19N5OS. The van der Waals surface area contributed by atoms with Crippen molar-refractivity contribution < 1.29 is 4.79 Å². The summed E-state index contributed by atoms with van der Waals surface area (Å²) in [5.41, 5.74) is 2.12. The predicted octanol–water partition coefficient (Wildman–Crippen LogP) is 0.804. The summed E-state index contributed by atoms with van der Waals surface area (Å²) in [6.07, 6.45) is 3.84. The van der Waals surface area contributed by atoms with Crippen LogP contribution in [-0.2, 0) is 18.4 Å². The number of thiazole rings is 1. The summed E-state index contributed by atoms with van der Waals surface area (Å²) in [6, 6.07) is 0. The van der Waals surface area contributed by atoms with Crippen LogP contribution in [0.2, 0.25) is 0 Å². The standard InChI is InChI=1S/C14H19N5OS/c1-9-8-21-13(18-9)6-16-14(20)12-5-15-4-11(12)10-3-17-19(2)7-10/h3,7-8,11-12,15H,4-6H2,1-2H3,(H,16,20)/t11-,12+/m1/s1. The zero-order chi connectivity index (χ0) is 14.8. The van der Waals surface area contributed by atoms with Crippen LogP contribution in [0, 0.1) is 12.8 Å². The van der Waals surface area contributed by atoms with Gasteiger partial charge in [-0.05, 0) is 12.5 Å². The highest BCUT2D eigenvalue weighted by Gasteiger charge is 2.34. The second-order valence-corrected chi connectivity index (χ2v) is 6.36. The van der Waals surface area contributed by atoms with Crippen LogP contribution in [-0.4, -0.2) is 33.8 Å². The molecule has 2 aromatic heterocycles. The quantitative estimate of drug-likeness (QED) is 0.876. The molecule has 0 spiro atoms. The van der Waals surface area contributed by atoms with E-state index in [-0.39, 0.29) is 17.7 Å². The van der Waals surface area contributed by atoms with Crippen molar-refractivity contribution in [2.75, 3.05) is 13.1 Å². The number of carbonyl (C=O) groups is 1. The first-order valence-corrected chi connectivity index (χ1v) is 7.89. The Kier molecular flexibility index (Phi) is 4.03. The van der Waals surface area contributed by atoms with Gasteiger partial charge in [-0.3, -0.25) is 9.48 Å². The Morgan fingerprint density at radius 3 is 3.10 bits per heavy atom. The molecule has 0 aliphatic carbocycles. The van der Waals surface area contributed by atoms with Crippen molar-refractivity contribution in [3.63, 3.8) is 0 Å². The van der Waals surface area contributed by atoms with Crippen molar-refractivity contribution in [3.05, 3.63) is 34.0 Å². The van der Waals surface area contributed by atoms with Gasteiger partial charge in [0.15, 0.2) is 0 Å². The predicted molar refractivity (Wildman–Crippen MR) is 81.0 cm³/mol. The van der Waals surface area contributed by atoms with Crippen molar-refractivity contribution in [2.45, 2.75) is 19.4 Å². The Balaban J connectivity index is 1.63. The number of aryl methyl sites for hydroxylation is 2. The molecule has 1 fully saturated rings. The van der Waals surface area contributed by atoms with E-state index in [9.17, 15) is 4.79 Å². The fraction of sp³-hybridized carbons (Fsp3) is 0.500. The zero-order valence-electron chi connectivity index (χ0n) is 12.2.